The molecule has 2 aromatic heterocycles. The molecule has 1 fully saturated rings. The molecule has 1 amide bonds. The average molecular weight is 508 g/mol. The average Bonchev–Trinajstić information content (AvgIpc) is 2.92. The second kappa shape index (κ2) is 11.5. The number of pyridine rings is 1. The maximum atomic E-state index is 13.0. The van der Waals surface area contributed by atoms with E-state index in [1.54, 1.807) is 12.4 Å². The number of carbonyl (C=O) groups excluding carboxylic acids is 1. The lowest BCUT2D eigenvalue weighted by molar-refractivity contribution is 0.102. The number of aryl methyl sites for hydroxylation is 2. The fraction of sp³-hybridized carbons (Fsp3) is 0.267. The summed E-state index contributed by atoms with van der Waals surface area (Å²) >= 11 is 0. The molecule has 5 rings (SSSR count). The van der Waals surface area contributed by atoms with Crippen LogP contribution in [0.1, 0.15) is 27.2 Å². The highest BCUT2D eigenvalue weighted by Gasteiger charge is 2.15. The second-order valence-corrected chi connectivity index (χ2v) is 9.85. The molecule has 0 aliphatic carbocycles. The Hall–Kier alpha value is -4.14. The van der Waals surface area contributed by atoms with E-state index in [4.69, 9.17) is 0 Å². The van der Waals surface area contributed by atoms with E-state index >= 15 is 0 Å². The molecule has 0 spiro atoms. The Kier molecular flexibility index (Phi) is 7.72. The first-order valence-corrected chi connectivity index (χ1v) is 12.9. The van der Waals surface area contributed by atoms with Crippen LogP contribution < -0.4 is 10.6 Å². The molecule has 8 nitrogen and oxygen atoms in total. The van der Waals surface area contributed by atoms with Gasteiger partial charge in [0.15, 0.2) is 0 Å². The molecule has 2 aromatic carbocycles. The van der Waals surface area contributed by atoms with Crippen molar-refractivity contribution >= 4 is 23.2 Å². The summed E-state index contributed by atoms with van der Waals surface area (Å²) in [6.07, 6.45) is 3.52. The van der Waals surface area contributed by atoms with Crippen LogP contribution >= 0.6 is 0 Å². The van der Waals surface area contributed by atoms with Crippen molar-refractivity contribution in [2.24, 2.45) is 0 Å². The number of benzene rings is 2. The van der Waals surface area contributed by atoms with Gasteiger partial charge >= 0.3 is 0 Å². The molecule has 1 aliphatic heterocycles. The number of anilines is 3. The summed E-state index contributed by atoms with van der Waals surface area (Å²) in [6.45, 7) is 9.18. The predicted molar refractivity (Wildman–Crippen MR) is 152 cm³/mol. The van der Waals surface area contributed by atoms with Crippen molar-refractivity contribution in [3.63, 3.8) is 0 Å². The molecule has 4 aromatic rings. The SMILES string of the molecule is Cc1cc(-c2cccnc2)nc(Nc2cc(NC(=O)c3ccc(CN4CCN(C)CC4)cc3)ccc2C)n1. The fourth-order valence-electron chi connectivity index (χ4n) is 4.47. The largest absolute Gasteiger partial charge is 0.324 e. The lowest BCUT2D eigenvalue weighted by Crippen LogP contribution is -2.43. The zero-order valence-electron chi connectivity index (χ0n) is 22.1. The summed E-state index contributed by atoms with van der Waals surface area (Å²) < 4.78 is 0. The van der Waals surface area contributed by atoms with Crippen LogP contribution in [0.25, 0.3) is 11.3 Å². The number of hydrogen-bond donors (Lipinski definition) is 2. The summed E-state index contributed by atoms with van der Waals surface area (Å²) in [5, 5.41) is 6.35. The maximum absolute atomic E-state index is 13.0. The predicted octanol–water partition coefficient (Wildman–Crippen LogP) is 4.90. The van der Waals surface area contributed by atoms with Gasteiger partial charge in [-0.1, -0.05) is 18.2 Å². The van der Waals surface area contributed by atoms with Crippen LogP contribution in [0.3, 0.4) is 0 Å². The Morgan fingerprint density at radius 2 is 1.74 bits per heavy atom. The smallest absolute Gasteiger partial charge is 0.255 e. The van der Waals surface area contributed by atoms with E-state index < -0.39 is 0 Å². The topological polar surface area (TPSA) is 86.3 Å². The minimum Gasteiger partial charge on any atom is -0.324 e. The van der Waals surface area contributed by atoms with Gasteiger partial charge in [0.1, 0.15) is 0 Å². The quantitative estimate of drug-likeness (QED) is 0.368. The normalized spacial score (nSPS) is 14.3. The van der Waals surface area contributed by atoms with E-state index in [-0.39, 0.29) is 5.91 Å². The van der Waals surface area contributed by atoms with E-state index in [1.807, 2.05) is 74.5 Å². The second-order valence-electron chi connectivity index (χ2n) is 9.85. The third-order valence-electron chi connectivity index (χ3n) is 6.77. The van der Waals surface area contributed by atoms with E-state index in [1.165, 1.54) is 5.56 Å². The maximum Gasteiger partial charge on any atom is 0.255 e. The molecule has 0 unspecified atom stereocenters. The molecule has 0 radical (unpaired) electrons. The standard InChI is InChI=1S/C30H33N7O/c1-21-6-11-26(18-27(21)34-30-32-22(2)17-28(35-30)25-5-4-12-31-19-25)33-29(38)24-9-7-23(8-10-24)20-37-15-13-36(3)14-16-37/h4-12,17-19H,13-16,20H2,1-3H3,(H,33,38)(H,32,34,35). The van der Waals surface area contributed by atoms with Crippen molar-refractivity contribution in [1.82, 2.24) is 24.8 Å². The van der Waals surface area contributed by atoms with Gasteiger partial charge in [-0.3, -0.25) is 14.7 Å². The Morgan fingerprint density at radius 1 is 0.947 bits per heavy atom. The molecule has 0 bridgehead atoms. The number of nitrogens with zero attached hydrogens (tertiary/aromatic N) is 5. The lowest BCUT2D eigenvalue weighted by Gasteiger charge is -2.32. The number of piperazine rings is 1. The number of nitrogens with one attached hydrogen (secondary N) is 2. The number of carbonyl (C=O) groups is 1. The monoisotopic (exact) mass is 507 g/mol. The van der Waals surface area contributed by atoms with Crippen molar-refractivity contribution in [1.29, 1.82) is 0 Å². The van der Waals surface area contributed by atoms with E-state index in [0.717, 1.165) is 60.9 Å². The van der Waals surface area contributed by atoms with Gasteiger partial charge in [0, 0.05) is 73.3 Å². The van der Waals surface area contributed by atoms with Gasteiger partial charge in [-0.25, -0.2) is 9.97 Å². The number of hydrogen-bond acceptors (Lipinski definition) is 7. The Labute approximate surface area is 223 Å². The van der Waals surface area contributed by atoms with Gasteiger partial charge in [0.05, 0.1) is 5.69 Å². The van der Waals surface area contributed by atoms with Crippen LogP contribution in [0, 0.1) is 13.8 Å². The van der Waals surface area contributed by atoms with Gasteiger partial charge in [-0.15, -0.1) is 0 Å². The molecule has 0 saturated carbocycles. The fourth-order valence-corrected chi connectivity index (χ4v) is 4.47. The highest BCUT2D eigenvalue weighted by atomic mass is 16.1. The lowest BCUT2D eigenvalue weighted by atomic mass is 10.1. The third kappa shape index (κ3) is 6.40. The zero-order valence-corrected chi connectivity index (χ0v) is 22.1. The number of aromatic nitrogens is 3. The number of amides is 1. The molecule has 3 heterocycles. The van der Waals surface area contributed by atoms with Gasteiger partial charge in [-0.2, -0.15) is 0 Å². The highest BCUT2D eigenvalue weighted by Crippen LogP contribution is 2.25. The summed E-state index contributed by atoms with van der Waals surface area (Å²) in [5.74, 6) is 0.350. The van der Waals surface area contributed by atoms with E-state index in [0.29, 0.717) is 17.2 Å². The molecule has 38 heavy (non-hydrogen) atoms. The molecule has 0 atom stereocenters. The van der Waals surface area contributed by atoms with Gasteiger partial charge in [0.2, 0.25) is 5.95 Å². The number of rotatable bonds is 7. The summed E-state index contributed by atoms with van der Waals surface area (Å²) in [6, 6.07) is 19.5. The Morgan fingerprint density at radius 3 is 2.47 bits per heavy atom. The summed E-state index contributed by atoms with van der Waals surface area (Å²) in [4.78, 5) is 31.2. The summed E-state index contributed by atoms with van der Waals surface area (Å²) in [7, 11) is 2.16. The van der Waals surface area contributed by atoms with Gasteiger partial charge in [0.25, 0.3) is 5.91 Å². The first kappa shape index (κ1) is 25.5. The molecular formula is C30H33N7O. The van der Waals surface area contributed by atoms with Crippen LogP contribution in [0.4, 0.5) is 17.3 Å². The molecule has 2 N–H and O–H groups in total. The van der Waals surface area contributed by atoms with Gasteiger partial charge in [-0.05, 0) is 74.5 Å². The van der Waals surface area contributed by atoms with Crippen LogP contribution in [0.15, 0.2) is 73.1 Å². The van der Waals surface area contributed by atoms with Gasteiger partial charge < -0.3 is 15.5 Å². The van der Waals surface area contributed by atoms with Crippen molar-refractivity contribution in [2.45, 2.75) is 20.4 Å². The summed E-state index contributed by atoms with van der Waals surface area (Å²) in [5.41, 5.74) is 6.96. The number of likely N-dealkylation sites (N-methyl/N-ethyl adjacent to an activating group) is 1. The Bertz CT molecular complexity index is 1400. The van der Waals surface area contributed by atoms with E-state index in [2.05, 4.69) is 42.4 Å². The minimum atomic E-state index is -0.142. The minimum absolute atomic E-state index is 0.142. The van der Waals surface area contributed by atoms with Crippen LogP contribution in [0.2, 0.25) is 0 Å². The molecule has 194 valence electrons. The molecular weight excluding hydrogens is 474 g/mol. The zero-order chi connectivity index (χ0) is 26.5. The first-order chi connectivity index (χ1) is 18.4. The van der Waals surface area contributed by atoms with Crippen LogP contribution in [-0.4, -0.2) is 63.9 Å². The third-order valence-corrected chi connectivity index (χ3v) is 6.77. The van der Waals surface area contributed by atoms with E-state index in [9.17, 15) is 4.79 Å². The van der Waals surface area contributed by atoms with Crippen molar-refractivity contribution < 1.29 is 4.79 Å². The van der Waals surface area contributed by atoms with Crippen molar-refractivity contribution in [3.05, 3.63) is 95.4 Å². The van der Waals surface area contributed by atoms with Crippen molar-refractivity contribution in [2.75, 3.05) is 43.9 Å². The van der Waals surface area contributed by atoms with Crippen molar-refractivity contribution in [3.8, 4) is 11.3 Å². The van der Waals surface area contributed by atoms with Crippen LogP contribution in [-0.2, 0) is 6.54 Å². The molecule has 1 saturated heterocycles. The van der Waals surface area contributed by atoms with Crippen LogP contribution in [0.5, 0.6) is 0 Å². The highest BCUT2D eigenvalue weighted by molar-refractivity contribution is 6.04. The first-order valence-electron chi connectivity index (χ1n) is 12.9. The molecule has 8 heteroatoms. The Balaban J connectivity index is 1.26. The molecule has 1 aliphatic rings.